The number of nitrogens with zero attached hydrogens (tertiary/aromatic N) is 2. The average molecular weight is 351 g/mol. The van der Waals surface area contributed by atoms with Gasteiger partial charge >= 0.3 is 0 Å². The maximum atomic E-state index is 13.5. The molecule has 0 aliphatic carbocycles. The Morgan fingerprint density at radius 2 is 1.88 bits per heavy atom. The summed E-state index contributed by atoms with van der Waals surface area (Å²) < 4.78 is 13.5. The van der Waals surface area contributed by atoms with E-state index in [2.05, 4.69) is 27.3 Å². The van der Waals surface area contributed by atoms with Gasteiger partial charge in [0, 0.05) is 18.4 Å². The van der Waals surface area contributed by atoms with E-state index in [0.717, 1.165) is 12.2 Å². The molecule has 0 aromatic heterocycles. The first-order valence-corrected chi connectivity index (χ1v) is 9.15. The number of carbonyl (C=O) groups is 1. The average Bonchev–Trinajstić information content (AvgIpc) is 2.96. The maximum absolute atomic E-state index is 13.5. The standard InChI is InChI=1S/C21H22FN3O/c22-16-6-9-20-18(12-16)19(21(26)24-20)13-23-17-7-4-15(5-8-17)14-25-10-2-1-3-11-25/h4-9,12-13,19H,1-3,10-11,14H2,(H,24,26). The Morgan fingerprint density at radius 1 is 1.12 bits per heavy atom. The Labute approximate surface area is 152 Å². The summed E-state index contributed by atoms with van der Waals surface area (Å²) in [6.07, 6.45) is 5.51. The molecule has 0 saturated carbocycles. The fourth-order valence-electron chi connectivity index (χ4n) is 3.63. The van der Waals surface area contributed by atoms with Crippen LogP contribution >= 0.6 is 0 Å². The van der Waals surface area contributed by atoms with Crippen molar-refractivity contribution in [2.75, 3.05) is 18.4 Å². The van der Waals surface area contributed by atoms with Gasteiger partial charge in [0.1, 0.15) is 11.7 Å². The van der Waals surface area contributed by atoms with E-state index >= 15 is 0 Å². The number of piperidine rings is 1. The van der Waals surface area contributed by atoms with Crippen LogP contribution in [0, 0.1) is 5.82 Å². The quantitative estimate of drug-likeness (QED) is 0.837. The fraction of sp³-hybridized carbons (Fsp3) is 0.333. The minimum absolute atomic E-state index is 0.170. The van der Waals surface area contributed by atoms with Crippen molar-refractivity contribution in [3.05, 3.63) is 59.4 Å². The van der Waals surface area contributed by atoms with Crippen LogP contribution in [0.5, 0.6) is 0 Å². The Balaban J connectivity index is 1.44. The number of halogens is 1. The molecule has 2 aromatic rings. The molecular formula is C21H22FN3O. The minimum atomic E-state index is -0.547. The molecule has 5 heteroatoms. The van der Waals surface area contributed by atoms with Crippen LogP contribution in [0.15, 0.2) is 47.5 Å². The molecule has 4 rings (SSSR count). The van der Waals surface area contributed by atoms with Crippen LogP contribution in [0.4, 0.5) is 15.8 Å². The van der Waals surface area contributed by atoms with E-state index in [1.165, 1.54) is 50.0 Å². The van der Waals surface area contributed by atoms with Crippen molar-refractivity contribution in [1.82, 2.24) is 4.90 Å². The van der Waals surface area contributed by atoms with Crippen molar-refractivity contribution in [3.8, 4) is 0 Å². The van der Waals surface area contributed by atoms with Crippen LogP contribution in [0.1, 0.15) is 36.3 Å². The number of hydrogen-bond donors (Lipinski definition) is 1. The summed E-state index contributed by atoms with van der Waals surface area (Å²) in [7, 11) is 0. The first-order chi connectivity index (χ1) is 12.7. The maximum Gasteiger partial charge on any atom is 0.237 e. The molecule has 1 unspecified atom stereocenters. The van der Waals surface area contributed by atoms with Crippen molar-refractivity contribution in [1.29, 1.82) is 0 Å². The molecule has 26 heavy (non-hydrogen) atoms. The number of rotatable bonds is 4. The van der Waals surface area contributed by atoms with Gasteiger partial charge in [-0.05, 0) is 67.4 Å². The van der Waals surface area contributed by atoms with E-state index < -0.39 is 5.92 Å². The molecule has 0 radical (unpaired) electrons. The topological polar surface area (TPSA) is 44.7 Å². The van der Waals surface area contributed by atoms with Gasteiger partial charge in [0.25, 0.3) is 0 Å². The summed E-state index contributed by atoms with van der Waals surface area (Å²) in [5.41, 5.74) is 3.37. The molecular weight excluding hydrogens is 329 g/mol. The largest absolute Gasteiger partial charge is 0.325 e. The molecule has 2 aliphatic rings. The second-order valence-corrected chi connectivity index (χ2v) is 6.98. The summed E-state index contributed by atoms with van der Waals surface area (Å²) >= 11 is 0. The first kappa shape index (κ1) is 16.9. The zero-order chi connectivity index (χ0) is 17.9. The Kier molecular flexibility index (Phi) is 4.80. The second kappa shape index (κ2) is 7.38. The van der Waals surface area contributed by atoms with Gasteiger partial charge in [0.15, 0.2) is 0 Å². The Morgan fingerprint density at radius 3 is 2.65 bits per heavy atom. The molecule has 1 amide bonds. The number of amides is 1. The van der Waals surface area contributed by atoms with Gasteiger partial charge < -0.3 is 5.32 Å². The van der Waals surface area contributed by atoms with Crippen molar-refractivity contribution in [2.24, 2.45) is 4.99 Å². The van der Waals surface area contributed by atoms with E-state index in [9.17, 15) is 9.18 Å². The third-order valence-electron chi connectivity index (χ3n) is 5.05. The van der Waals surface area contributed by atoms with Gasteiger partial charge in [-0.2, -0.15) is 0 Å². The van der Waals surface area contributed by atoms with Crippen LogP contribution in [0.25, 0.3) is 0 Å². The first-order valence-electron chi connectivity index (χ1n) is 9.15. The number of nitrogens with one attached hydrogen (secondary N) is 1. The van der Waals surface area contributed by atoms with E-state index in [1.54, 1.807) is 12.3 Å². The number of carbonyl (C=O) groups excluding carboxylic acids is 1. The molecule has 2 aliphatic heterocycles. The SMILES string of the molecule is O=C1Nc2ccc(F)cc2C1C=Nc1ccc(CN2CCCCC2)cc1. The molecule has 1 N–H and O–H groups in total. The van der Waals surface area contributed by atoms with E-state index in [4.69, 9.17) is 0 Å². The smallest absolute Gasteiger partial charge is 0.237 e. The minimum Gasteiger partial charge on any atom is -0.325 e. The number of anilines is 1. The Hall–Kier alpha value is -2.53. The predicted octanol–water partition coefficient (Wildman–Crippen LogP) is 4.25. The Bertz CT molecular complexity index is 826. The number of benzene rings is 2. The molecule has 0 spiro atoms. The van der Waals surface area contributed by atoms with Crippen molar-refractivity contribution in [2.45, 2.75) is 31.7 Å². The van der Waals surface area contributed by atoms with E-state index in [0.29, 0.717) is 11.3 Å². The zero-order valence-electron chi connectivity index (χ0n) is 14.6. The molecule has 2 heterocycles. The van der Waals surface area contributed by atoms with Gasteiger partial charge in [0.2, 0.25) is 5.91 Å². The van der Waals surface area contributed by atoms with Crippen LogP contribution in [0.2, 0.25) is 0 Å². The van der Waals surface area contributed by atoms with Crippen LogP contribution in [-0.2, 0) is 11.3 Å². The highest BCUT2D eigenvalue weighted by Gasteiger charge is 2.29. The normalized spacial score (nSPS) is 20.3. The molecule has 4 nitrogen and oxygen atoms in total. The fourth-order valence-corrected chi connectivity index (χ4v) is 3.63. The lowest BCUT2D eigenvalue weighted by atomic mass is 10.0. The lowest BCUT2D eigenvalue weighted by molar-refractivity contribution is -0.115. The highest BCUT2D eigenvalue weighted by molar-refractivity contribution is 6.12. The summed E-state index contributed by atoms with van der Waals surface area (Å²) in [6.45, 7) is 3.32. The summed E-state index contributed by atoms with van der Waals surface area (Å²) in [5, 5.41) is 2.76. The molecule has 1 atom stereocenters. The summed E-state index contributed by atoms with van der Waals surface area (Å²) in [4.78, 5) is 19.0. The molecule has 1 fully saturated rings. The molecule has 1 saturated heterocycles. The predicted molar refractivity (Wildman–Crippen MR) is 101 cm³/mol. The van der Waals surface area contributed by atoms with Crippen molar-refractivity contribution in [3.63, 3.8) is 0 Å². The lowest BCUT2D eigenvalue weighted by Crippen LogP contribution is -2.28. The number of fused-ring (bicyclic) bond motifs is 1. The second-order valence-electron chi connectivity index (χ2n) is 6.98. The summed E-state index contributed by atoms with van der Waals surface area (Å²) in [6, 6.07) is 12.4. The number of aliphatic imine (C=N–C) groups is 1. The van der Waals surface area contributed by atoms with Gasteiger partial charge in [-0.1, -0.05) is 18.6 Å². The van der Waals surface area contributed by atoms with Gasteiger partial charge in [-0.25, -0.2) is 4.39 Å². The van der Waals surface area contributed by atoms with Gasteiger partial charge in [0.05, 0.1) is 5.69 Å². The summed E-state index contributed by atoms with van der Waals surface area (Å²) in [5.74, 6) is -1.06. The third kappa shape index (κ3) is 3.68. The van der Waals surface area contributed by atoms with E-state index in [1.807, 2.05) is 12.1 Å². The zero-order valence-corrected chi connectivity index (χ0v) is 14.6. The van der Waals surface area contributed by atoms with E-state index in [-0.39, 0.29) is 11.7 Å². The highest BCUT2D eigenvalue weighted by Crippen LogP contribution is 2.32. The van der Waals surface area contributed by atoms with Crippen molar-refractivity contribution < 1.29 is 9.18 Å². The van der Waals surface area contributed by atoms with Crippen LogP contribution in [-0.4, -0.2) is 30.1 Å². The van der Waals surface area contributed by atoms with Gasteiger partial charge in [-0.15, -0.1) is 0 Å². The molecule has 2 aromatic carbocycles. The monoisotopic (exact) mass is 351 g/mol. The number of hydrogen-bond acceptors (Lipinski definition) is 3. The van der Waals surface area contributed by atoms with Gasteiger partial charge in [-0.3, -0.25) is 14.7 Å². The highest BCUT2D eigenvalue weighted by atomic mass is 19.1. The van der Waals surface area contributed by atoms with Crippen LogP contribution < -0.4 is 5.32 Å². The lowest BCUT2D eigenvalue weighted by Gasteiger charge is -2.26. The molecule has 134 valence electrons. The number of likely N-dealkylation sites (tertiary alicyclic amines) is 1. The van der Waals surface area contributed by atoms with Crippen molar-refractivity contribution >= 4 is 23.5 Å². The third-order valence-corrected chi connectivity index (χ3v) is 5.05. The van der Waals surface area contributed by atoms with Crippen LogP contribution in [0.3, 0.4) is 0 Å². The molecule has 0 bridgehead atoms.